The van der Waals surface area contributed by atoms with Gasteiger partial charge in [-0.15, -0.1) is 22.7 Å². The summed E-state index contributed by atoms with van der Waals surface area (Å²) >= 11 is 3.25. The lowest BCUT2D eigenvalue weighted by Gasteiger charge is -2.06. The first kappa shape index (κ1) is 13.3. The van der Waals surface area contributed by atoms with Crippen LogP contribution in [0.4, 0.5) is 14.5 Å². The number of benzene rings is 1. The van der Waals surface area contributed by atoms with Gasteiger partial charge in [-0.2, -0.15) is 0 Å². The monoisotopic (exact) mass is 307 g/mol. The number of rotatable bonds is 4. The van der Waals surface area contributed by atoms with E-state index in [9.17, 15) is 8.78 Å². The summed E-state index contributed by atoms with van der Waals surface area (Å²) in [6.45, 7) is 0.411. The van der Waals surface area contributed by atoms with Crippen LogP contribution < -0.4 is 5.32 Å². The summed E-state index contributed by atoms with van der Waals surface area (Å²) < 4.78 is 27.0. The van der Waals surface area contributed by atoms with Gasteiger partial charge >= 0.3 is 0 Å². The summed E-state index contributed by atoms with van der Waals surface area (Å²) in [6.07, 6.45) is 0. The van der Waals surface area contributed by atoms with Gasteiger partial charge < -0.3 is 5.32 Å². The molecule has 0 unspecified atom stereocenters. The summed E-state index contributed by atoms with van der Waals surface area (Å²) in [5.74, 6) is -1.14. The number of para-hydroxylation sites is 1. The summed E-state index contributed by atoms with van der Waals surface area (Å²) in [7, 11) is 0. The molecule has 0 radical (unpaired) electrons. The molecule has 0 spiro atoms. The van der Waals surface area contributed by atoms with Crippen LogP contribution >= 0.6 is 22.7 Å². The van der Waals surface area contributed by atoms with Crippen molar-refractivity contribution in [1.82, 2.24) is 0 Å². The summed E-state index contributed by atoms with van der Waals surface area (Å²) in [4.78, 5) is 2.24. The molecule has 5 heteroatoms. The standard InChI is InChI=1S/C15H11F2NS2/c16-12-3-1-4-13(17)15(12)18-8-11-7-10(9-20-11)14-5-2-6-19-14/h1-7,9,18H,8H2. The van der Waals surface area contributed by atoms with Crippen LogP contribution in [0.25, 0.3) is 10.4 Å². The third-order valence-electron chi connectivity index (χ3n) is 2.86. The van der Waals surface area contributed by atoms with E-state index in [4.69, 9.17) is 0 Å². The molecule has 0 bridgehead atoms. The van der Waals surface area contributed by atoms with Gasteiger partial charge in [0.15, 0.2) is 0 Å². The summed E-state index contributed by atoms with van der Waals surface area (Å²) in [5, 5.41) is 6.90. The lowest BCUT2D eigenvalue weighted by Crippen LogP contribution is -2.02. The fourth-order valence-corrected chi connectivity index (χ4v) is 3.50. The van der Waals surface area contributed by atoms with E-state index in [-0.39, 0.29) is 5.69 Å². The van der Waals surface area contributed by atoms with Gasteiger partial charge in [0.25, 0.3) is 0 Å². The minimum atomic E-state index is -0.569. The van der Waals surface area contributed by atoms with Crippen molar-refractivity contribution < 1.29 is 8.78 Å². The van der Waals surface area contributed by atoms with Crippen LogP contribution in [0.1, 0.15) is 4.88 Å². The molecule has 3 aromatic rings. The van der Waals surface area contributed by atoms with Crippen molar-refractivity contribution in [3.05, 3.63) is 63.7 Å². The molecule has 0 aliphatic carbocycles. The average Bonchev–Trinajstić information content (AvgIpc) is 3.09. The summed E-state index contributed by atoms with van der Waals surface area (Å²) in [6, 6.07) is 9.96. The van der Waals surface area contributed by atoms with Gasteiger partial charge in [0.1, 0.15) is 17.3 Å². The van der Waals surface area contributed by atoms with Gasteiger partial charge in [-0.05, 0) is 35.0 Å². The predicted molar refractivity (Wildman–Crippen MR) is 81.3 cm³/mol. The zero-order valence-corrected chi connectivity index (χ0v) is 12.0. The Kier molecular flexibility index (Phi) is 3.80. The quantitative estimate of drug-likeness (QED) is 0.683. The van der Waals surface area contributed by atoms with Gasteiger partial charge in [0, 0.05) is 21.9 Å². The average molecular weight is 307 g/mol. The van der Waals surface area contributed by atoms with Crippen LogP contribution in [-0.2, 0) is 6.54 Å². The normalized spacial score (nSPS) is 10.7. The molecule has 0 saturated carbocycles. The highest BCUT2D eigenvalue weighted by Crippen LogP contribution is 2.30. The zero-order valence-electron chi connectivity index (χ0n) is 10.4. The third-order valence-corrected chi connectivity index (χ3v) is 4.72. The SMILES string of the molecule is Fc1cccc(F)c1NCc1cc(-c2cccs2)cs1. The first-order valence-electron chi connectivity index (χ1n) is 6.03. The van der Waals surface area contributed by atoms with Crippen LogP contribution in [0, 0.1) is 11.6 Å². The number of hydrogen-bond donors (Lipinski definition) is 1. The molecule has 1 N–H and O–H groups in total. The second-order valence-electron chi connectivity index (χ2n) is 4.23. The number of nitrogens with one attached hydrogen (secondary N) is 1. The number of thiophene rings is 2. The van der Waals surface area contributed by atoms with Crippen LogP contribution in [-0.4, -0.2) is 0 Å². The second kappa shape index (κ2) is 5.73. The molecule has 1 nitrogen and oxygen atoms in total. The zero-order chi connectivity index (χ0) is 13.9. The molecule has 2 heterocycles. The van der Waals surface area contributed by atoms with Gasteiger partial charge in [-0.25, -0.2) is 8.78 Å². The van der Waals surface area contributed by atoms with Crippen LogP contribution in [0.2, 0.25) is 0 Å². The number of hydrogen-bond acceptors (Lipinski definition) is 3. The maximum atomic E-state index is 13.5. The van der Waals surface area contributed by atoms with Gasteiger partial charge in [0.05, 0.1) is 0 Å². The molecule has 0 amide bonds. The minimum absolute atomic E-state index is 0.0708. The molecular weight excluding hydrogens is 296 g/mol. The Bertz CT molecular complexity index is 684. The van der Waals surface area contributed by atoms with Gasteiger partial charge in [0.2, 0.25) is 0 Å². The number of halogens is 2. The Labute approximate surface area is 123 Å². The van der Waals surface area contributed by atoms with Crippen molar-refractivity contribution in [3.63, 3.8) is 0 Å². The van der Waals surface area contributed by atoms with E-state index in [1.807, 2.05) is 17.5 Å². The Morgan fingerprint density at radius 3 is 2.50 bits per heavy atom. The lowest BCUT2D eigenvalue weighted by molar-refractivity contribution is 0.588. The van der Waals surface area contributed by atoms with E-state index < -0.39 is 11.6 Å². The molecule has 3 rings (SSSR count). The molecule has 0 aliphatic rings. The first-order valence-corrected chi connectivity index (χ1v) is 7.79. The fourth-order valence-electron chi connectivity index (χ4n) is 1.89. The highest BCUT2D eigenvalue weighted by atomic mass is 32.1. The van der Waals surface area contributed by atoms with Crippen molar-refractivity contribution in [2.45, 2.75) is 6.54 Å². The molecule has 0 saturated heterocycles. The van der Waals surface area contributed by atoms with E-state index in [1.54, 1.807) is 22.7 Å². The smallest absolute Gasteiger partial charge is 0.149 e. The summed E-state index contributed by atoms with van der Waals surface area (Å²) in [5.41, 5.74) is 1.08. The van der Waals surface area contributed by atoms with E-state index in [1.165, 1.54) is 23.1 Å². The topological polar surface area (TPSA) is 12.0 Å². The molecule has 20 heavy (non-hydrogen) atoms. The molecule has 102 valence electrons. The maximum absolute atomic E-state index is 13.5. The Balaban J connectivity index is 1.73. The van der Waals surface area contributed by atoms with Crippen molar-refractivity contribution in [2.24, 2.45) is 0 Å². The van der Waals surface area contributed by atoms with Crippen LogP contribution in [0.15, 0.2) is 47.2 Å². The van der Waals surface area contributed by atoms with E-state index >= 15 is 0 Å². The van der Waals surface area contributed by atoms with Crippen LogP contribution in [0.5, 0.6) is 0 Å². The van der Waals surface area contributed by atoms with Crippen LogP contribution in [0.3, 0.4) is 0 Å². The van der Waals surface area contributed by atoms with Crippen molar-refractivity contribution in [2.75, 3.05) is 5.32 Å². The molecule has 0 fully saturated rings. The van der Waals surface area contributed by atoms with E-state index in [0.717, 1.165) is 10.4 Å². The highest BCUT2D eigenvalue weighted by Gasteiger charge is 2.09. The Morgan fingerprint density at radius 1 is 1.00 bits per heavy atom. The molecule has 1 aromatic carbocycles. The molecular formula is C15H11F2NS2. The minimum Gasteiger partial charge on any atom is -0.375 e. The predicted octanol–water partition coefficient (Wildman–Crippen LogP) is 5.37. The van der Waals surface area contributed by atoms with E-state index in [2.05, 4.69) is 16.8 Å². The maximum Gasteiger partial charge on any atom is 0.149 e. The first-order chi connectivity index (χ1) is 9.74. The largest absolute Gasteiger partial charge is 0.375 e. The third kappa shape index (κ3) is 2.73. The number of anilines is 1. The molecule has 0 atom stereocenters. The van der Waals surface area contributed by atoms with Gasteiger partial charge in [-0.1, -0.05) is 12.1 Å². The Morgan fingerprint density at radius 2 is 1.80 bits per heavy atom. The highest BCUT2D eigenvalue weighted by molar-refractivity contribution is 7.14. The van der Waals surface area contributed by atoms with Crippen molar-refractivity contribution in [1.29, 1.82) is 0 Å². The van der Waals surface area contributed by atoms with E-state index in [0.29, 0.717) is 6.54 Å². The second-order valence-corrected chi connectivity index (χ2v) is 6.17. The lowest BCUT2D eigenvalue weighted by atomic mass is 10.2. The van der Waals surface area contributed by atoms with Crippen molar-refractivity contribution in [3.8, 4) is 10.4 Å². The Hall–Kier alpha value is -1.72. The fraction of sp³-hybridized carbons (Fsp3) is 0.0667. The van der Waals surface area contributed by atoms with Gasteiger partial charge in [-0.3, -0.25) is 0 Å². The molecule has 2 aromatic heterocycles. The molecule has 0 aliphatic heterocycles. The van der Waals surface area contributed by atoms with Crippen molar-refractivity contribution >= 4 is 28.4 Å².